The zero-order valence-electron chi connectivity index (χ0n) is 20.1. The molecule has 2 N–H and O–H groups in total. The van der Waals surface area contributed by atoms with Crippen molar-refractivity contribution in [1.29, 1.82) is 0 Å². The van der Waals surface area contributed by atoms with Gasteiger partial charge in [0.1, 0.15) is 0 Å². The number of H-pyrrole nitrogens is 1. The Morgan fingerprint density at radius 1 is 1.00 bits per heavy atom. The van der Waals surface area contributed by atoms with Crippen LogP contribution in [-0.2, 0) is 4.79 Å². The summed E-state index contributed by atoms with van der Waals surface area (Å²) in [5.74, 6) is 1.85. The summed E-state index contributed by atoms with van der Waals surface area (Å²) >= 11 is 1.33. The van der Waals surface area contributed by atoms with E-state index in [0.29, 0.717) is 28.2 Å². The molecule has 0 unspecified atom stereocenters. The molecule has 1 amide bonds. The van der Waals surface area contributed by atoms with Crippen molar-refractivity contribution in [1.82, 2.24) is 19.7 Å². The predicted molar refractivity (Wildman–Crippen MR) is 142 cm³/mol. The van der Waals surface area contributed by atoms with Gasteiger partial charge in [0, 0.05) is 40.1 Å². The smallest absolute Gasteiger partial charge is 0.234 e. The zero-order valence-corrected chi connectivity index (χ0v) is 20.9. The number of amides is 1. The number of hydrogen-bond donors (Lipinski definition) is 2. The summed E-state index contributed by atoms with van der Waals surface area (Å²) in [6.45, 7) is 2.04. The van der Waals surface area contributed by atoms with E-state index in [4.69, 9.17) is 9.47 Å². The number of methoxy groups -OCH3 is 2. The molecule has 0 fully saturated rings. The monoisotopic (exact) mass is 499 g/mol. The Hall–Kier alpha value is -4.24. The van der Waals surface area contributed by atoms with Gasteiger partial charge in [-0.1, -0.05) is 42.1 Å². The molecule has 0 spiro atoms. The molecule has 0 radical (unpaired) electrons. The van der Waals surface area contributed by atoms with Crippen LogP contribution < -0.4 is 14.8 Å². The second kappa shape index (κ2) is 10.2. The highest BCUT2D eigenvalue weighted by Crippen LogP contribution is 2.33. The number of aromatic nitrogens is 4. The number of thioether (sulfide) groups is 1. The largest absolute Gasteiger partial charge is 0.493 e. The molecule has 2 heterocycles. The number of benzene rings is 3. The highest BCUT2D eigenvalue weighted by Gasteiger charge is 2.20. The summed E-state index contributed by atoms with van der Waals surface area (Å²) < 4.78 is 12.6. The van der Waals surface area contributed by atoms with Crippen LogP contribution in [0.1, 0.15) is 5.56 Å². The first-order valence-corrected chi connectivity index (χ1v) is 12.3. The number of ether oxygens (including phenoxy) is 2. The molecule has 0 bridgehead atoms. The first-order chi connectivity index (χ1) is 17.6. The number of nitrogens with one attached hydrogen (secondary N) is 2. The molecule has 0 aliphatic carbocycles. The summed E-state index contributed by atoms with van der Waals surface area (Å²) in [5, 5.41) is 13.6. The lowest BCUT2D eigenvalue weighted by Gasteiger charge is -2.12. The first-order valence-electron chi connectivity index (χ1n) is 11.3. The average Bonchev–Trinajstić information content (AvgIpc) is 3.51. The fourth-order valence-corrected chi connectivity index (χ4v) is 4.79. The molecule has 0 saturated heterocycles. The summed E-state index contributed by atoms with van der Waals surface area (Å²) in [6, 6.07) is 21.5. The Morgan fingerprint density at radius 3 is 2.64 bits per heavy atom. The first kappa shape index (κ1) is 23.5. The van der Waals surface area contributed by atoms with Gasteiger partial charge in [0.25, 0.3) is 0 Å². The van der Waals surface area contributed by atoms with E-state index in [2.05, 4.69) is 32.6 Å². The lowest BCUT2D eigenvalue weighted by atomic mass is 10.1. The average molecular weight is 500 g/mol. The van der Waals surface area contributed by atoms with Gasteiger partial charge in [0.2, 0.25) is 5.91 Å². The van der Waals surface area contributed by atoms with E-state index in [1.54, 1.807) is 32.4 Å². The van der Waals surface area contributed by atoms with E-state index in [-0.39, 0.29) is 11.7 Å². The summed E-state index contributed by atoms with van der Waals surface area (Å²) in [6.07, 6.45) is 1.94. The van der Waals surface area contributed by atoms with Crippen LogP contribution in [0.3, 0.4) is 0 Å². The van der Waals surface area contributed by atoms with Crippen LogP contribution in [0.2, 0.25) is 0 Å². The quantitative estimate of drug-likeness (QED) is 0.275. The van der Waals surface area contributed by atoms with Crippen LogP contribution in [0.4, 0.5) is 5.69 Å². The summed E-state index contributed by atoms with van der Waals surface area (Å²) in [7, 11) is 3.13. The summed E-state index contributed by atoms with van der Waals surface area (Å²) in [5.41, 5.74) is 4.64. The van der Waals surface area contributed by atoms with Crippen molar-refractivity contribution in [3.05, 3.63) is 78.5 Å². The topological polar surface area (TPSA) is 94.1 Å². The van der Waals surface area contributed by atoms with E-state index in [1.165, 1.54) is 11.8 Å². The van der Waals surface area contributed by atoms with Crippen molar-refractivity contribution in [3.8, 4) is 28.6 Å². The molecular formula is C27H25N5O3S. The normalized spacial score (nSPS) is 11.0. The maximum absolute atomic E-state index is 12.8. The van der Waals surface area contributed by atoms with Crippen LogP contribution in [0.15, 0.2) is 78.1 Å². The van der Waals surface area contributed by atoms with Crippen molar-refractivity contribution in [2.75, 3.05) is 25.3 Å². The zero-order chi connectivity index (χ0) is 25.1. The van der Waals surface area contributed by atoms with E-state index in [1.807, 2.05) is 54.1 Å². The van der Waals surface area contributed by atoms with Crippen molar-refractivity contribution in [2.45, 2.75) is 12.1 Å². The Morgan fingerprint density at radius 2 is 1.83 bits per heavy atom. The Bertz CT molecular complexity index is 1540. The molecule has 5 rings (SSSR count). The molecule has 0 saturated carbocycles. The number of fused-ring (bicyclic) bond motifs is 1. The Balaban J connectivity index is 1.43. The highest BCUT2D eigenvalue weighted by atomic mass is 32.2. The lowest BCUT2D eigenvalue weighted by Crippen LogP contribution is -2.14. The minimum Gasteiger partial charge on any atom is -0.493 e. The number of nitrogens with zero attached hydrogens (tertiary/aromatic N) is 3. The van der Waals surface area contributed by atoms with Gasteiger partial charge in [0.15, 0.2) is 22.5 Å². The number of anilines is 1. The van der Waals surface area contributed by atoms with Crippen LogP contribution >= 0.6 is 11.8 Å². The number of para-hydroxylation sites is 1. The number of aryl methyl sites for hydroxylation is 1. The highest BCUT2D eigenvalue weighted by molar-refractivity contribution is 7.99. The maximum Gasteiger partial charge on any atom is 0.234 e. The third-order valence-electron chi connectivity index (χ3n) is 5.72. The van der Waals surface area contributed by atoms with E-state index in [9.17, 15) is 4.79 Å². The molecule has 8 nitrogen and oxygen atoms in total. The molecule has 0 aliphatic heterocycles. The van der Waals surface area contributed by atoms with Crippen molar-refractivity contribution < 1.29 is 14.3 Å². The predicted octanol–water partition coefficient (Wildman–Crippen LogP) is 5.47. The van der Waals surface area contributed by atoms with Gasteiger partial charge in [-0.15, -0.1) is 10.2 Å². The fourth-order valence-electron chi connectivity index (χ4n) is 4.04. The minimum atomic E-state index is -0.167. The SMILES string of the molecule is COc1ccc(NC(=O)CSc2nnc(-c3c[nH]c4ccccc34)n2-c2cccc(C)c2)cc1OC. The van der Waals surface area contributed by atoms with Crippen LogP contribution in [0.5, 0.6) is 11.5 Å². The fraction of sp³-hybridized carbons (Fsp3) is 0.148. The number of rotatable bonds is 8. The molecule has 5 aromatic rings. The third kappa shape index (κ3) is 4.65. The number of aromatic amines is 1. The van der Waals surface area contributed by atoms with Gasteiger partial charge in [-0.05, 0) is 42.8 Å². The van der Waals surface area contributed by atoms with E-state index < -0.39 is 0 Å². The van der Waals surface area contributed by atoms with Crippen LogP contribution in [-0.4, -0.2) is 45.6 Å². The van der Waals surface area contributed by atoms with Gasteiger partial charge in [-0.3, -0.25) is 9.36 Å². The van der Waals surface area contributed by atoms with Gasteiger partial charge >= 0.3 is 0 Å². The van der Waals surface area contributed by atoms with Crippen LogP contribution in [0, 0.1) is 6.92 Å². The standard InChI is InChI=1S/C27H25N5O3S/c1-17-7-6-8-19(13-17)32-26(21-15-28-22-10-5-4-9-20(21)22)30-31-27(32)36-16-25(33)29-18-11-12-23(34-2)24(14-18)35-3/h4-15,28H,16H2,1-3H3,(H,29,33). The Kier molecular flexibility index (Phi) is 6.64. The molecule has 36 heavy (non-hydrogen) atoms. The molecule has 9 heteroatoms. The number of carbonyl (C=O) groups excluding carboxylic acids is 1. The second-order valence-corrected chi connectivity index (χ2v) is 9.08. The van der Waals surface area contributed by atoms with E-state index in [0.717, 1.165) is 27.7 Å². The summed E-state index contributed by atoms with van der Waals surface area (Å²) in [4.78, 5) is 16.1. The number of carbonyl (C=O) groups is 1. The second-order valence-electron chi connectivity index (χ2n) is 8.14. The Labute approximate surface area is 212 Å². The number of hydrogen-bond acceptors (Lipinski definition) is 6. The van der Waals surface area contributed by atoms with Crippen molar-refractivity contribution in [2.24, 2.45) is 0 Å². The molecular weight excluding hydrogens is 474 g/mol. The third-order valence-corrected chi connectivity index (χ3v) is 6.65. The van der Waals surface area contributed by atoms with Gasteiger partial charge in [0.05, 0.1) is 20.0 Å². The lowest BCUT2D eigenvalue weighted by molar-refractivity contribution is -0.113. The minimum absolute atomic E-state index is 0.159. The molecule has 0 atom stereocenters. The van der Waals surface area contributed by atoms with Crippen molar-refractivity contribution >= 4 is 34.3 Å². The van der Waals surface area contributed by atoms with E-state index >= 15 is 0 Å². The van der Waals surface area contributed by atoms with Crippen LogP contribution in [0.25, 0.3) is 28.0 Å². The molecule has 3 aromatic carbocycles. The van der Waals surface area contributed by atoms with Gasteiger partial charge in [-0.25, -0.2) is 0 Å². The maximum atomic E-state index is 12.8. The van der Waals surface area contributed by atoms with Gasteiger partial charge < -0.3 is 19.8 Å². The molecule has 182 valence electrons. The molecule has 0 aliphatic rings. The molecule has 2 aromatic heterocycles. The van der Waals surface area contributed by atoms with Crippen molar-refractivity contribution in [3.63, 3.8) is 0 Å². The van der Waals surface area contributed by atoms with Gasteiger partial charge in [-0.2, -0.15) is 0 Å².